The Kier molecular flexibility index (Phi) is 5.46. The lowest BCUT2D eigenvalue weighted by Gasteiger charge is -2.31. The van der Waals surface area contributed by atoms with Crippen molar-refractivity contribution in [1.29, 1.82) is 0 Å². The van der Waals surface area contributed by atoms with Gasteiger partial charge in [-0.05, 0) is 19.9 Å². The number of methoxy groups -OCH3 is 1. The van der Waals surface area contributed by atoms with E-state index in [0.717, 1.165) is 64.1 Å². The van der Waals surface area contributed by atoms with Crippen molar-refractivity contribution >= 4 is 11.3 Å². The van der Waals surface area contributed by atoms with Crippen LogP contribution in [-0.2, 0) is 16.0 Å². The molecule has 1 aromatic heterocycles. The molecule has 3 heterocycles. The van der Waals surface area contributed by atoms with E-state index in [2.05, 4.69) is 27.1 Å². The Morgan fingerprint density at radius 2 is 2.23 bits per heavy atom. The van der Waals surface area contributed by atoms with E-state index in [4.69, 9.17) is 9.47 Å². The highest BCUT2D eigenvalue weighted by molar-refractivity contribution is 7.09. The standard InChI is InChI=1S/C16H27N3O2S/c1-14-17-15(10-22-14)9-19-6-8-21-13-16(12-19)3-4-18(11-16)5-7-20-2/h10H,3-9,11-13H2,1-2H3/t16-/m1/s1. The Labute approximate surface area is 137 Å². The maximum Gasteiger partial charge on any atom is 0.0897 e. The number of aryl methyl sites for hydroxylation is 1. The number of nitrogens with zero attached hydrogens (tertiary/aromatic N) is 3. The number of hydrogen-bond donors (Lipinski definition) is 0. The molecule has 5 nitrogen and oxygen atoms in total. The fourth-order valence-corrected chi connectivity index (χ4v) is 4.22. The minimum Gasteiger partial charge on any atom is -0.383 e. The topological polar surface area (TPSA) is 37.8 Å². The molecular weight excluding hydrogens is 298 g/mol. The van der Waals surface area contributed by atoms with Crippen molar-refractivity contribution in [2.24, 2.45) is 5.41 Å². The lowest BCUT2D eigenvalue weighted by atomic mass is 9.87. The van der Waals surface area contributed by atoms with Crippen molar-refractivity contribution in [1.82, 2.24) is 14.8 Å². The van der Waals surface area contributed by atoms with Crippen LogP contribution in [0.3, 0.4) is 0 Å². The minimum absolute atomic E-state index is 0.287. The Hall–Kier alpha value is -0.530. The molecule has 0 N–H and O–H groups in total. The number of likely N-dealkylation sites (tertiary alicyclic amines) is 1. The third kappa shape index (κ3) is 4.06. The predicted octanol–water partition coefficient (Wildman–Crippen LogP) is 1.62. The second-order valence-electron chi connectivity index (χ2n) is 6.64. The van der Waals surface area contributed by atoms with Gasteiger partial charge in [-0.3, -0.25) is 4.90 Å². The summed E-state index contributed by atoms with van der Waals surface area (Å²) in [5.74, 6) is 0. The molecule has 1 atom stereocenters. The molecule has 0 aliphatic carbocycles. The third-order valence-corrected chi connectivity index (χ3v) is 5.52. The highest BCUT2D eigenvalue weighted by Gasteiger charge is 2.40. The first kappa shape index (κ1) is 16.3. The molecule has 22 heavy (non-hydrogen) atoms. The van der Waals surface area contributed by atoms with Crippen LogP contribution in [0.5, 0.6) is 0 Å². The van der Waals surface area contributed by atoms with E-state index in [1.807, 2.05) is 0 Å². The van der Waals surface area contributed by atoms with Gasteiger partial charge in [0, 0.05) is 50.6 Å². The number of rotatable bonds is 5. The van der Waals surface area contributed by atoms with E-state index in [1.54, 1.807) is 18.4 Å². The molecule has 0 saturated carbocycles. The summed E-state index contributed by atoms with van der Waals surface area (Å²) >= 11 is 1.74. The van der Waals surface area contributed by atoms with Gasteiger partial charge in [-0.2, -0.15) is 0 Å². The molecular formula is C16H27N3O2S. The molecule has 1 spiro atoms. The maximum atomic E-state index is 5.94. The Bertz CT molecular complexity index is 482. The smallest absolute Gasteiger partial charge is 0.0897 e. The molecule has 0 aromatic carbocycles. The molecule has 3 rings (SSSR count). The van der Waals surface area contributed by atoms with Gasteiger partial charge < -0.3 is 14.4 Å². The average molecular weight is 325 g/mol. The zero-order valence-electron chi connectivity index (χ0n) is 13.7. The Morgan fingerprint density at radius 3 is 3.00 bits per heavy atom. The zero-order valence-corrected chi connectivity index (χ0v) is 14.5. The van der Waals surface area contributed by atoms with E-state index >= 15 is 0 Å². The van der Waals surface area contributed by atoms with E-state index in [0.29, 0.717) is 0 Å². The molecule has 1 aromatic rings. The number of thiazole rings is 1. The molecule has 6 heteroatoms. The van der Waals surface area contributed by atoms with E-state index in [-0.39, 0.29) is 5.41 Å². The monoisotopic (exact) mass is 325 g/mol. The summed E-state index contributed by atoms with van der Waals surface area (Å²) in [4.78, 5) is 9.66. The first-order valence-electron chi connectivity index (χ1n) is 8.12. The molecule has 2 saturated heterocycles. The van der Waals surface area contributed by atoms with Crippen LogP contribution in [0.15, 0.2) is 5.38 Å². The fourth-order valence-electron chi connectivity index (χ4n) is 3.61. The van der Waals surface area contributed by atoms with Crippen LogP contribution in [0, 0.1) is 12.3 Å². The van der Waals surface area contributed by atoms with Crippen LogP contribution in [0.1, 0.15) is 17.1 Å². The van der Waals surface area contributed by atoms with E-state index in [1.165, 1.54) is 12.1 Å². The maximum absolute atomic E-state index is 5.94. The fraction of sp³-hybridized carbons (Fsp3) is 0.812. The lowest BCUT2D eigenvalue weighted by Crippen LogP contribution is -2.40. The quantitative estimate of drug-likeness (QED) is 0.822. The van der Waals surface area contributed by atoms with E-state index in [9.17, 15) is 0 Å². The number of hydrogen-bond acceptors (Lipinski definition) is 6. The summed E-state index contributed by atoms with van der Waals surface area (Å²) in [6.07, 6.45) is 1.23. The molecule has 2 fully saturated rings. The highest BCUT2D eigenvalue weighted by atomic mass is 32.1. The van der Waals surface area contributed by atoms with Crippen LogP contribution < -0.4 is 0 Å². The molecule has 0 unspecified atom stereocenters. The van der Waals surface area contributed by atoms with Crippen LogP contribution in [0.4, 0.5) is 0 Å². The molecule has 0 radical (unpaired) electrons. The first-order chi connectivity index (χ1) is 10.7. The summed E-state index contributed by atoms with van der Waals surface area (Å²) in [5.41, 5.74) is 1.49. The average Bonchev–Trinajstić information content (AvgIpc) is 3.02. The van der Waals surface area contributed by atoms with Crippen LogP contribution in [0.2, 0.25) is 0 Å². The normalized spacial score (nSPS) is 27.5. The molecule has 2 aliphatic heterocycles. The first-order valence-corrected chi connectivity index (χ1v) is 8.99. The summed E-state index contributed by atoms with van der Waals surface area (Å²) in [5, 5.41) is 3.34. The van der Waals surface area contributed by atoms with Gasteiger partial charge in [0.1, 0.15) is 0 Å². The van der Waals surface area contributed by atoms with Crippen molar-refractivity contribution in [2.45, 2.75) is 19.9 Å². The molecule has 0 bridgehead atoms. The van der Waals surface area contributed by atoms with Crippen LogP contribution in [-0.4, -0.2) is 74.4 Å². The molecule has 2 aliphatic rings. The number of ether oxygens (including phenoxy) is 2. The second kappa shape index (κ2) is 7.36. The number of aromatic nitrogens is 1. The molecule has 124 valence electrons. The highest BCUT2D eigenvalue weighted by Crippen LogP contribution is 2.33. The van der Waals surface area contributed by atoms with Gasteiger partial charge in [-0.1, -0.05) is 0 Å². The minimum atomic E-state index is 0.287. The summed E-state index contributed by atoms with van der Waals surface area (Å²) < 4.78 is 11.2. The Balaban J connectivity index is 1.60. The van der Waals surface area contributed by atoms with Crippen molar-refractivity contribution in [3.05, 3.63) is 16.1 Å². The summed E-state index contributed by atoms with van der Waals surface area (Å²) in [6.45, 7) is 11.0. The lowest BCUT2D eigenvalue weighted by molar-refractivity contribution is 0.0682. The second-order valence-corrected chi connectivity index (χ2v) is 7.70. The van der Waals surface area contributed by atoms with Gasteiger partial charge in [0.25, 0.3) is 0 Å². The van der Waals surface area contributed by atoms with E-state index < -0.39 is 0 Å². The third-order valence-electron chi connectivity index (χ3n) is 4.70. The molecule has 0 amide bonds. The summed E-state index contributed by atoms with van der Waals surface area (Å²) in [6, 6.07) is 0. The van der Waals surface area contributed by atoms with Gasteiger partial charge in [0.05, 0.1) is 30.5 Å². The van der Waals surface area contributed by atoms with Gasteiger partial charge in [0.2, 0.25) is 0 Å². The predicted molar refractivity (Wildman–Crippen MR) is 88.3 cm³/mol. The largest absolute Gasteiger partial charge is 0.383 e. The van der Waals surface area contributed by atoms with Crippen molar-refractivity contribution in [2.75, 3.05) is 59.7 Å². The van der Waals surface area contributed by atoms with Crippen LogP contribution in [0.25, 0.3) is 0 Å². The van der Waals surface area contributed by atoms with Gasteiger partial charge in [-0.25, -0.2) is 4.98 Å². The van der Waals surface area contributed by atoms with Gasteiger partial charge in [-0.15, -0.1) is 11.3 Å². The van der Waals surface area contributed by atoms with Gasteiger partial charge in [0.15, 0.2) is 0 Å². The zero-order chi connectivity index (χ0) is 15.4. The Morgan fingerprint density at radius 1 is 1.36 bits per heavy atom. The van der Waals surface area contributed by atoms with Crippen molar-refractivity contribution in [3.8, 4) is 0 Å². The van der Waals surface area contributed by atoms with Crippen LogP contribution >= 0.6 is 11.3 Å². The summed E-state index contributed by atoms with van der Waals surface area (Å²) in [7, 11) is 1.78. The van der Waals surface area contributed by atoms with Crippen molar-refractivity contribution in [3.63, 3.8) is 0 Å². The van der Waals surface area contributed by atoms with Crippen molar-refractivity contribution < 1.29 is 9.47 Å². The SMILES string of the molecule is COCCN1CC[C@@]2(COCCN(Cc3csc(C)n3)C2)C1. The van der Waals surface area contributed by atoms with Gasteiger partial charge >= 0.3 is 0 Å².